The van der Waals surface area contributed by atoms with E-state index in [0.29, 0.717) is 29.4 Å². The van der Waals surface area contributed by atoms with Gasteiger partial charge in [-0.05, 0) is 106 Å². The molecule has 0 aliphatic carbocycles. The lowest BCUT2D eigenvalue weighted by molar-refractivity contribution is -0.122. The topological polar surface area (TPSA) is 67.9 Å². The van der Waals surface area contributed by atoms with Gasteiger partial charge >= 0.3 is 0 Å². The predicted molar refractivity (Wildman–Crippen MR) is 169 cm³/mol. The summed E-state index contributed by atoms with van der Waals surface area (Å²) in [4.78, 5) is 27.7. The van der Waals surface area contributed by atoms with Crippen LogP contribution in [0.25, 0.3) is 16.8 Å². The molecule has 5 rings (SSSR count). The van der Waals surface area contributed by atoms with Gasteiger partial charge in [-0.25, -0.2) is 0 Å². The highest BCUT2D eigenvalue weighted by Gasteiger charge is 2.35. The van der Waals surface area contributed by atoms with E-state index in [1.807, 2.05) is 49.4 Å². The van der Waals surface area contributed by atoms with Gasteiger partial charge in [0.15, 0.2) is 16.6 Å². The summed E-state index contributed by atoms with van der Waals surface area (Å²) in [5.41, 5.74) is 3.07. The van der Waals surface area contributed by atoms with Crippen LogP contribution in [0.1, 0.15) is 16.7 Å². The summed E-state index contributed by atoms with van der Waals surface area (Å²) in [6, 6.07) is 23.4. The Hall–Kier alpha value is -3.28. The van der Waals surface area contributed by atoms with Gasteiger partial charge in [-0.1, -0.05) is 58.4 Å². The molecule has 1 saturated heterocycles. The number of nitrogens with zero attached hydrogens (tertiary/aromatic N) is 1. The first-order valence-corrected chi connectivity index (χ1v) is 14.2. The molecule has 1 aliphatic rings. The molecular formula is C30H22BrIN2O4S. The van der Waals surface area contributed by atoms with Gasteiger partial charge in [-0.2, -0.15) is 0 Å². The zero-order chi connectivity index (χ0) is 27.7. The van der Waals surface area contributed by atoms with Crippen LogP contribution in [0.3, 0.4) is 0 Å². The van der Waals surface area contributed by atoms with Gasteiger partial charge in [0.25, 0.3) is 11.8 Å². The second kappa shape index (κ2) is 11.4. The highest BCUT2D eigenvalue weighted by molar-refractivity contribution is 14.1. The van der Waals surface area contributed by atoms with Crippen LogP contribution < -0.4 is 19.7 Å². The summed E-state index contributed by atoms with van der Waals surface area (Å²) in [5, 5.41) is 4.95. The Morgan fingerprint density at radius 2 is 1.82 bits per heavy atom. The summed E-state index contributed by atoms with van der Waals surface area (Å²) in [7, 11) is 1.56. The summed E-state index contributed by atoms with van der Waals surface area (Å²) in [6.07, 6.45) is 1.54. The molecule has 9 heteroatoms. The Morgan fingerprint density at radius 1 is 1.05 bits per heavy atom. The largest absolute Gasteiger partial charge is 0.493 e. The van der Waals surface area contributed by atoms with Crippen molar-refractivity contribution in [2.75, 3.05) is 12.0 Å². The number of carbonyl (C=O) groups is 2. The maximum Gasteiger partial charge on any atom is 0.270 e. The number of hydrogen-bond donors (Lipinski definition) is 1. The number of rotatable bonds is 6. The van der Waals surface area contributed by atoms with E-state index in [9.17, 15) is 9.59 Å². The Balaban J connectivity index is 1.45. The number of thiocarbonyl (C=S) groups is 1. The number of aryl methyl sites for hydroxylation is 1. The number of ether oxygens (including phenoxy) is 2. The second-order valence-electron chi connectivity index (χ2n) is 8.85. The summed E-state index contributed by atoms with van der Waals surface area (Å²) >= 11 is 11.0. The number of amides is 2. The van der Waals surface area contributed by atoms with Gasteiger partial charge in [0, 0.05) is 4.47 Å². The normalized spacial score (nSPS) is 14.6. The lowest BCUT2D eigenvalue weighted by atomic mass is 10.0. The molecule has 0 atom stereocenters. The van der Waals surface area contributed by atoms with Crippen LogP contribution in [0, 0.1) is 10.5 Å². The number of fused-ring (bicyclic) bond motifs is 1. The van der Waals surface area contributed by atoms with Crippen molar-refractivity contribution >= 4 is 90.2 Å². The maximum atomic E-state index is 13.5. The van der Waals surface area contributed by atoms with Crippen molar-refractivity contribution in [1.29, 1.82) is 0 Å². The van der Waals surface area contributed by atoms with E-state index < -0.39 is 11.8 Å². The van der Waals surface area contributed by atoms with Gasteiger partial charge < -0.3 is 9.47 Å². The standard InChI is InChI=1S/C30H22BrIN2O4S/c1-17-12-21(31)10-11-25(17)34-29(36)23(28(35)33-30(34)39)13-18-14-24(32)27(26(15-18)37-2)38-16-20-8-5-7-19-6-3-4-9-22(19)20/h3-15H,16H2,1-2H3,(H,33,35,39)/b23-13+. The molecule has 2 amide bonds. The Kier molecular flexibility index (Phi) is 8.01. The fourth-order valence-corrected chi connectivity index (χ4v) is 5.97. The first-order valence-electron chi connectivity index (χ1n) is 11.9. The molecule has 0 saturated carbocycles. The first-order chi connectivity index (χ1) is 18.8. The Bertz CT molecular complexity index is 1680. The summed E-state index contributed by atoms with van der Waals surface area (Å²) in [6.45, 7) is 2.23. The molecule has 1 fully saturated rings. The van der Waals surface area contributed by atoms with E-state index in [2.05, 4.69) is 62.0 Å². The molecule has 6 nitrogen and oxygen atoms in total. The van der Waals surface area contributed by atoms with E-state index in [-0.39, 0.29) is 10.7 Å². The molecule has 1 aliphatic heterocycles. The average molecular weight is 713 g/mol. The zero-order valence-electron chi connectivity index (χ0n) is 21.0. The van der Waals surface area contributed by atoms with Crippen LogP contribution in [0.2, 0.25) is 0 Å². The van der Waals surface area contributed by atoms with Gasteiger partial charge in [-0.3, -0.25) is 19.8 Å². The molecule has 1 heterocycles. The lowest BCUT2D eigenvalue weighted by Crippen LogP contribution is -2.54. The minimum absolute atomic E-state index is 0.0341. The van der Waals surface area contributed by atoms with Gasteiger partial charge in [0.05, 0.1) is 16.4 Å². The molecule has 4 aromatic rings. The van der Waals surface area contributed by atoms with Crippen molar-refractivity contribution in [3.8, 4) is 11.5 Å². The molecule has 0 spiro atoms. The van der Waals surface area contributed by atoms with Crippen LogP contribution >= 0.6 is 50.7 Å². The van der Waals surface area contributed by atoms with Crippen LogP contribution in [0.5, 0.6) is 11.5 Å². The molecule has 0 unspecified atom stereocenters. The molecular weight excluding hydrogens is 691 g/mol. The quantitative estimate of drug-likeness (QED) is 0.102. The van der Waals surface area contributed by atoms with Crippen molar-refractivity contribution in [1.82, 2.24) is 5.32 Å². The molecule has 4 aromatic carbocycles. The smallest absolute Gasteiger partial charge is 0.270 e. The second-order valence-corrected chi connectivity index (χ2v) is 11.3. The van der Waals surface area contributed by atoms with Crippen LogP contribution in [0.4, 0.5) is 5.69 Å². The fraction of sp³-hybridized carbons (Fsp3) is 0.100. The van der Waals surface area contributed by atoms with E-state index in [4.69, 9.17) is 21.7 Å². The third-order valence-corrected chi connectivity index (χ3v) is 7.90. The third kappa shape index (κ3) is 5.57. The number of anilines is 1. The van der Waals surface area contributed by atoms with Gasteiger partial charge in [-0.15, -0.1) is 0 Å². The number of carbonyl (C=O) groups excluding carboxylic acids is 2. The molecule has 196 valence electrons. The first kappa shape index (κ1) is 27.3. The predicted octanol–water partition coefficient (Wildman–Crippen LogP) is 6.93. The van der Waals surface area contributed by atoms with E-state index >= 15 is 0 Å². The molecule has 0 radical (unpaired) electrons. The average Bonchev–Trinajstić information content (AvgIpc) is 2.91. The molecule has 39 heavy (non-hydrogen) atoms. The van der Waals surface area contributed by atoms with Crippen molar-refractivity contribution in [3.05, 3.63) is 103 Å². The Morgan fingerprint density at radius 3 is 2.59 bits per heavy atom. The zero-order valence-corrected chi connectivity index (χ0v) is 25.5. The van der Waals surface area contributed by atoms with Crippen LogP contribution in [-0.2, 0) is 16.2 Å². The van der Waals surface area contributed by atoms with E-state index in [1.165, 1.54) is 4.90 Å². The molecule has 1 N–H and O–H groups in total. The van der Waals surface area contributed by atoms with Crippen molar-refractivity contribution in [3.63, 3.8) is 0 Å². The molecule has 0 aromatic heterocycles. The summed E-state index contributed by atoms with van der Waals surface area (Å²) < 4.78 is 13.5. The SMILES string of the molecule is COc1cc(/C=C2\C(=O)NC(=S)N(c3ccc(Br)cc3C)C2=O)cc(I)c1OCc1cccc2ccccc12. The number of halogens is 2. The monoisotopic (exact) mass is 712 g/mol. The van der Waals surface area contributed by atoms with Crippen LogP contribution in [-0.4, -0.2) is 24.0 Å². The molecule has 0 bridgehead atoms. The van der Waals surface area contributed by atoms with Crippen molar-refractivity contribution in [2.24, 2.45) is 0 Å². The van der Waals surface area contributed by atoms with Crippen molar-refractivity contribution < 1.29 is 19.1 Å². The number of benzene rings is 4. The van der Waals surface area contributed by atoms with Crippen molar-refractivity contribution in [2.45, 2.75) is 13.5 Å². The Labute approximate surface area is 253 Å². The van der Waals surface area contributed by atoms with E-state index in [1.54, 1.807) is 25.3 Å². The maximum absolute atomic E-state index is 13.5. The lowest BCUT2D eigenvalue weighted by Gasteiger charge is -2.30. The van der Waals surface area contributed by atoms with E-state index in [0.717, 1.165) is 29.9 Å². The number of methoxy groups -OCH3 is 1. The third-order valence-electron chi connectivity index (χ3n) is 6.32. The minimum atomic E-state index is -0.554. The number of nitrogens with one attached hydrogen (secondary N) is 1. The van der Waals surface area contributed by atoms with Gasteiger partial charge in [0.2, 0.25) is 0 Å². The fourth-order valence-electron chi connectivity index (χ4n) is 4.44. The highest BCUT2D eigenvalue weighted by Crippen LogP contribution is 2.36. The van der Waals surface area contributed by atoms with Crippen LogP contribution in [0.15, 0.2) is 82.8 Å². The summed E-state index contributed by atoms with van der Waals surface area (Å²) in [5.74, 6) is 0.0235. The minimum Gasteiger partial charge on any atom is -0.493 e. The van der Waals surface area contributed by atoms with Gasteiger partial charge in [0.1, 0.15) is 12.2 Å². The number of hydrogen-bond acceptors (Lipinski definition) is 5. The highest BCUT2D eigenvalue weighted by atomic mass is 127.